The van der Waals surface area contributed by atoms with Crippen molar-refractivity contribution < 1.29 is 9.59 Å². The molecule has 3 amide bonds. The Morgan fingerprint density at radius 3 is 2.68 bits per heavy atom. The standard InChI is InChI=1S/C14H19N5O2S/c1-10-8-11(19(2)18-10)9-17-14(21)16-6-5-15-13(20)12-4-3-7-22-12/h3-4,7-8H,5-6,9H2,1-2H3,(H,15,20)(H2,16,17,21). The van der Waals surface area contributed by atoms with Gasteiger partial charge in [-0.25, -0.2) is 4.79 Å². The first-order valence-electron chi connectivity index (χ1n) is 6.89. The minimum absolute atomic E-state index is 0.123. The van der Waals surface area contributed by atoms with Crippen LogP contribution in [0.2, 0.25) is 0 Å². The molecule has 22 heavy (non-hydrogen) atoms. The lowest BCUT2D eigenvalue weighted by molar-refractivity contribution is 0.0958. The van der Waals surface area contributed by atoms with Gasteiger partial charge in [0.2, 0.25) is 0 Å². The fourth-order valence-corrected chi connectivity index (χ4v) is 2.55. The number of aromatic nitrogens is 2. The third-order valence-corrected chi connectivity index (χ3v) is 3.84. The van der Waals surface area contributed by atoms with Crippen molar-refractivity contribution in [3.63, 3.8) is 0 Å². The van der Waals surface area contributed by atoms with Crippen molar-refractivity contribution in [2.45, 2.75) is 13.5 Å². The minimum Gasteiger partial charge on any atom is -0.350 e. The Balaban J connectivity index is 1.62. The quantitative estimate of drug-likeness (QED) is 0.694. The lowest BCUT2D eigenvalue weighted by atomic mass is 10.4. The van der Waals surface area contributed by atoms with Crippen LogP contribution in [0.5, 0.6) is 0 Å². The van der Waals surface area contributed by atoms with Crippen LogP contribution in [0.25, 0.3) is 0 Å². The van der Waals surface area contributed by atoms with Crippen molar-refractivity contribution in [1.82, 2.24) is 25.7 Å². The molecule has 2 heterocycles. The SMILES string of the molecule is Cc1cc(CNC(=O)NCCNC(=O)c2cccs2)n(C)n1. The second-order valence-corrected chi connectivity index (χ2v) is 5.69. The van der Waals surface area contributed by atoms with Crippen molar-refractivity contribution in [2.75, 3.05) is 13.1 Å². The Morgan fingerprint density at radius 2 is 2.05 bits per heavy atom. The molecule has 118 valence electrons. The van der Waals surface area contributed by atoms with E-state index in [1.807, 2.05) is 31.5 Å². The predicted octanol–water partition coefficient (Wildman–Crippen LogP) is 1.02. The highest BCUT2D eigenvalue weighted by atomic mass is 32.1. The fourth-order valence-electron chi connectivity index (χ4n) is 1.91. The number of nitrogens with zero attached hydrogens (tertiary/aromatic N) is 2. The maximum absolute atomic E-state index is 11.7. The lowest BCUT2D eigenvalue weighted by Gasteiger charge is -2.08. The van der Waals surface area contributed by atoms with E-state index in [2.05, 4.69) is 21.0 Å². The molecule has 0 unspecified atom stereocenters. The van der Waals surface area contributed by atoms with Crippen LogP contribution in [-0.4, -0.2) is 34.8 Å². The van der Waals surface area contributed by atoms with Crippen molar-refractivity contribution >= 4 is 23.3 Å². The molecule has 2 aromatic rings. The highest BCUT2D eigenvalue weighted by Crippen LogP contribution is 2.07. The number of urea groups is 1. The summed E-state index contributed by atoms with van der Waals surface area (Å²) in [4.78, 5) is 24.0. The van der Waals surface area contributed by atoms with Gasteiger partial charge in [-0.2, -0.15) is 5.10 Å². The van der Waals surface area contributed by atoms with Crippen LogP contribution < -0.4 is 16.0 Å². The summed E-state index contributed by atoms with van der Waals surface area (Å²) in [6, 6.07) is 5.23. The van der Waals surface area contributed by atoms with Crippen LogP contribution in [0.3, 0.4) is 0 Å². The number of amides is 3. The highest BCUT2D eigenvalue weighted by Gasteiger charge is 2.06. The van der Waals surface area contributed by atoms with Gasteiger partial charge in [-0.15, -0.1) is 11.3 Å². The molecule has 3 N–H and O–H groups in total. The van der Waals surface area contributed by atoms with Gasteiger partial charge < -0.3 is 16.0 Å². The largest absolute Gasteiger partial charge is 0.350 e. The van der Waals surface area contributed by atoms with E-state index < -0.39 is 0 Å². The number of nitrogens with one attached hydrogen (secondary N) is 3. The molecule has 0 radical (unpaired) electrons. The molecule has 2 aromatic heterocycles. The van der Waals surface area contributed by atoms with Gasteiger partial charge in [-0.3, -0.25) is 9.48 Å². The molecule has 7 nitrogen and oxygen atoms in total. The number of carbonyl (C=O) groups excluding carboxylic acids is 2. The summed E-state index contributed by atoms with van der Waals surface area (Å²) < 4.78 is 1.73. The second-order valence-electron chi connectivity index (χ2n) is 4.74. The van der Waals surface area contributed by atoms with Gasteiger partial charge in [0.25, 0.3) is 5.91 Å². The van der Waals surface area contributed by atoms with Gasteiger partial charge in [-0.05, 0) is 24.4 Å². The van der Waals surface area contributed by atoms with Crippen LogP contribution in [0.15, 0.2) is 23.6 Å². The number of hydrogen-bond acceptors (Lipinski definition) is 4. The van der Waals surface area contributed by atoms with Gasteiger partial charge in [0.1, 0.15) is 0 Å². The van der Waals surface area contributed by atoms with Crippen molar-refractivity contribution in [3.8, 4) is 0 Å². The molecule has 8 heteroatoms. The maximum atomic E-state index is 11.7. The molecule has 0 atom stereocenters. The molecule has 0 saturated heterocycles. The highest BCUT2D eigenvalue weighted by molar-refractivity contribution is 7.12. The summed E-state index contributed by atoms with van der Waals surface area (Å²) in [5.41, 5.74) is 1.84. The molecule has 0 aliphatic rings. The zero-order valence-corrected chi connectivity index (χ0v) is 13.4. The number of thiophene rings is 1. The van der Waals surface area contributed by atoms with Gasteiger partial charge in [0.15, 0.2) is 0 Å². The molecule has 0 aliphatic heterocycles. The Morgan fingerprint density at radius 1 is 1.27 bits per heavy atom. The maximum Gasteiger partial charge on any atom is 0.315 e. The molecule has 0 aliphatic carbocycles. The average molecular weight is 321 g/mol. The number of carbonyl (C=O) groups is 2. The van der Waals surface area contributed by atoms with E-state index in [0.717, 1.165) is 11.4 Å². The van der Waals surface area contributed by atoms with E-state index in [1.165, 1.54) is 11.3 Å². The first-order valence-corrected chi connectivity index (χ1v) is 7.77. The Kier molecular flexibility index (Phi) is 5.54. The smallest absolute Gasteiger partial charge is 0.315 e. The molecular weight excluding hydrogens is 302 g/mol. The topological polar surface area (TPSA) is 88.0 Å². The molecule has 0 aromatic carbocycles. The van der Waals surface area contributed by atoms with Crippen LogP contribution in [0, 0.1) is 6.92 Å². The Bertz CT molecular complexity index is 636. The van der Waals surface area contributed by atoms with Gasteiger partial charge in [-0.1, -0.05) is 6.07 Å². The van der Waals surface area contributed by atoms with Crippen LogP contribution >= 0.6 is 11.3 Å². The van der Waals surface area contributed by atoms with E-state index in [-0.39, 0.29) is 11.9 Å². The molecule has 0 bridgehead atoms. The van der Waals surface area contributed by atoms with Crippen LogP contribution in [0.1, 0.15) is 21.1 Å². The van der Waals surface area contributed by atoms with Gasteiger partial charge in [0.05, 0.1) is 22.8 Å². The van der Waals surface area contributed by atoms with Crippen molar-refractivity contribution in [1.29, 1.82) is 0 Å². The first kappa shape index (κ1) is 16.0. The summed E-state index contributed by atoms with van der Waals surface area (Å²) >= 11 is 1.38. The zero-order chi connectivity index (χ0) is 15.9. The number of rotatable bonds is 6. The van der Waals surface area contributed by atoms with E-state index in [9.17, 15) is 9.59 Å². The van der Waals surface area contributed by atoms with E-state index in [0.29, 0.717) is 24.5 Å². The van der Waals surface area contributed by atoms with E-state index in [1.54, 1.807) is 10.7 Å². The number of aryl methyl sites for hydroxylation is 2. The predicted molar refractivity (Wildman–Crippen MR) is 84.8 cm³/mol. The van der Waals surface area contributed by atoms with Gasteiger partial charge >= 0.3 is 6.03 Å². The summed E-state index contributed by atoms with van der Waals surface area (Å²) in [6.07, 6.45) is 0. The Hall–Kier alpha value is -2.35. The number of hydrogen-bond donors (Lipinski definition) is 3. The third-order valence-electron chi connectivity index (χ3n) is 2.97. The molecule has 2 rings (SSSR count). The lowest BCUT2D eigenvalue weighted by Crippen LogP contribution is -2.40. The second kappa shape index (κ2) is 7.60. The molecular formula is C14H19N5O2S. The van der Waals surface area contributed by atoms with Crippen molar-refractivity contribution in [3.05, 3.63) is 39.8 Å². The molecule has 0 saturated carbocycles. The van der Waals surface area contributed by atoms with Crippen molar-refractivity contribution in [2.24, 2.45) is 7.05 Å². The summed E-state index contributed by atoms with van der Waals surface area (Å²) in [7, 11) is 1.84. The Labute approximate surface area is 132 Å². The molecule has 0 spiro atoms. The fraction of sp³-hybridized carbons (Fsp3) is 0.357. The molecule has 0 fully saturated rings. The van der Waals surface area contributed by atoms with E-state index >= 15 is 0 Å². The van der Waals surface area contributed by atoms with E-state index in [4.69, 9.17) is 0 Å². The normalized spacial score (nSPS) is 10.3. The third kappa shape index (κ3) is 4.59. The van der Waals surface area contributed by atoms with Crippen LogP contribution in [-0.2, 0) is 13.6 Å². The average Bonchev–Trinajstić information content (AvgIpc) is 3.11. The summed E-state index contributed by atoms with van der Waals surface area (Å²) in [5.74, 6) is -0.123. The van der Waals surface area contributed by atoms with Crippen LogP contribution in [0.4, 0.5) is 4.79 Å². The monoisotopic (exact) mass is 321 g/mol. The van der Waals surface area contributed by atoms with Gasteiger partial charge in [0, 0.05) is 20.1 Å². The first-order chi connectivity index (χ1) is 10.6. The zero-order valence-electron chi connectivity index (χ0n) is 12.5. The summed E-state index contributed by atoms with van der Waals surface area (Å²) in [5, 5.41) is 14.2. The minimum atomic E-state index is -0.274. The summed E-state index contributed by atoms with van der Waals surface area (Å²) in [6.45, 7) is 3.06.